The topological polar surface area (TPSA) is 20.2 Å². The van der Waals surface area contributed by atoms with Crippen LogP contribution in [0.25, 0.3) is 0 Å². The molecule has 1 aromatic rings. The Balaban J connectivity index is 2.41. The van der Waals surface area contributed by atoms with Gasteiger partial charge in [-0.1, -0.05) is 42.6 Å². The highest BCUT2D eigenvalue weighted by Crippen LogP contribution is 2.43. The third-order valence-corrected chi connectivity index (χ3v) is 3.64. The van der Waals surface area contributed by atoms with Crippen LogP contribution in [0.15, 0.2) is 24.3 Å². The molecule has 1 N–H and O–H groups in total. The largest absolute Gasteiger partial charge is 0.395 e. The molecular formula is C12H15ClO. The van der Waals surface area contributed by atoms with E-state index in [1.54, 1.807) is 0 Å². The maximum absolute atomic E-state index is 9.54. The molecule has 1 fully saturated rings. The van der Waals surface area contributed by atoms with Crippen molar-refractivity contribution in [2.75, 3.05) is 6.61 Å². The monoisotopic (exact) mass is 210 g/mol. The van der Waals surface area contributed by atoms with Crippen LogP contribution in [0.3, 0.4) is 0 Å². The first-order valence-corrected chi connectivity index (χ1v) is 5.52. The highest BCUT2D eigenvalue weighted by molar-refractivity contribution is 6.31. The van der Waals surface area contributed by atoms with E-state index in [2.05, 4.69) is 0 Å². The van der Waals surface area contributed by atoms with Crippen LogP contribution < -0.4 is 0 Å². The Hall–Kier alpha value is -0.530. The molecular weight excluding hydrogens is 196 g/mol. The van der Waals surface area contributed by atoms with Gasteiger partial charge in [-0.2, -0.15) is 0 Å². The van der Waals surface area contributed by atoms with Crippen molar-refractivity contribution in [3.63, 3.8) is 0 Å². The number of aliphatic hydroxyl groups is 1. The van der Waals surface area contributed by atoms with E-state index < -0.39 is 0 Å². The molecule has 0 spiro atoms. The fourth-order valence-corrected chi connectivity index (χ4v) is 2.79. The fraction of sp³-hybridized carbons (Fsp3) is 0.500. The summed E-state index contributed by atoms with van der Waals surface area (Å²) in [5.41, 5.74) is 1.07. The summed E-state index contributed by atoms with van der Waals surface area (Å²) >= 11 is 6.16. The molecule has 0 heterocycles. The minimum atomic E-state index is -0.0572. The molecule has 1 aromatic carbocycles. The van der Waals surface area contributed by atoms with Gasteiger partial charge in [-0.05, 0) is 24.5 Å². The Morgan fingerprint density at radius 2 is 1.86 bits per heavy atom. The summed E-state index contributed by atoms with van der Waals surface area (Å²) in [7, 11) is 0. The van der Waals surface area contributed by atoms with Crippen LogP contribution in [0.2, 0.25) is 5.02 Å². The molecule has 0 saturated heterocycles. The zero-order valence-electron chi connectivity index (χ0n) is 8.17. The molecule has 76 valence electrons. The zero-order valence-corrected chi connectivity index (χ0v) is 8.93. The van der Waals surface area contributed by atoms with Gasteiger partial charge in [-0.25, -0.2) is 0 Å². The SMILES string of the molecule is OCC1(c2ccccc2Cl)CCCC1. The Morgan fingerprint density at radius 1 is 1.21 bits per heavy atom. The molecule has 1 saturated carbocycles. The predicted octanol–water partition coefficient (Wildman–Crippen LogP) is 3.14. The molecule has 0 aliphatic heterocycles. The normalized spacial score (nSPS) is 19.9. The zero-order chi connectivity index (χ0) is 10.0. The van der Waals surface area contributed by atoms with Crippen molar-refractivity contribution in [1.29, 1.82) is 0 Å². The molecule has 0 unspecified atom stereocenters. The van der Waals surface area contributed by atoms with Crippen LogP contribution in [-0.4, -0.2) is 11.7 Å². The van der Waals surface area contributed by atoms with Crippen LogP contribution in [0.1, 0.15) is 31.2 Å². The molecule has 1 nitrogen and oxygen atoms in total. The average Bonchev–Trinajstić information content (AvgIpc) is 2.68. The summed E-state index contributed by atoms with van der Waals surface area (Å²) in [5, 5.41) is 10.3. The van der Waals surface area contributed by atoms with Crippen molar-refractivity contribution < 1.29 is 5.11 Å². The first-order chi connectivity index (χ1) is 6.78. The first kappa shape index (κ1) is 10.0. The van der Waals surface area contributed by atoms with Crippen LogP contribution in [0.5, 0.6) is 0 Å². The highest BCUT2D eigenvalue weighted by Gasteiger charge is 2.36. The van der Waals surface area contributed by atoms with Gasteiger partial charge in [0, 0.05) is 10.4 Å². The molecule has 0 radical (unpaired) electrons. The quantitative estimate of drug-likeness (QED) is 0.795. The third kappa shape index (κ3) is 1.55. The van der Waals surface area contributed by atoms with Crippen LogP contribution in [0, 0.1) is 0 Å². The summed E-state index contributed by atoms with van der Waals surface area (Å²) in [5.74, 6) is 0. The molecule has 0 bridgehead atoms. The van der Waals surface area contributed by atoms with E-state index in [1.165, 1.54) is 12.8 Å². The lowest BCUT2D eigenvalue weighted by molar-refractivity contribution is 0.196. The average molecular weight is 211 g/mol. The van der Waals surface area contributed by atoms with Crippen molar-refractivity contribution in [2.24, 2.45) is 0 Å². The highest BCUT2D eigenvalue weighted by atomic mass is 35.5. The summed E-state index contributed by atoms with van der Waals surface area (Å²) in [6, 6.07) is 7.89. The first-order valence-electron chi connectivity index (χ1n) is 5.14. The Morgan fingerprint density at radius 3 is 2.43 bits per heavy atom. The maximum atomic E-state index is 9.54. The van der Waals surface area contributed by atoms with E-state index in [0.717, 1.165) is 23.4 Å². The minimum absolute atomic E-state index is 0.0572. The summed E-state index contributed by atoms with van der Waals surface area (Å²) in [6.07, 6.45) is 4.53. The van der Waals surface area contributed by atoms with Gasteiger partial charge in [0.2, 0.25) is 0 Å². The van der Waals surface area contributed by atoms with E-state index in [-0.39, 0.29) is 12.0 Å². The molecule has 14 heavy (non-hydrogen) atoms. The smallest absolute Gasteiger partial charge is 0.0528 e. The Kier molecular flexibility index (Phi) is 2.80. The van der Waals surface area contributed by atoms with Crippen LogP contribution in [0.4, 0.5) is 0 Å². The van der Waals surface area contributed by atoms with Crippen LogP contribution in [-0.2, 0) is 5.41 Å². The van der Waals surface area contributed by atoms with Crippen molar-refractivity contribution >= 4 is 11.6 Å². The van der Waals surface area contributed by atoms with E-state index >= 15 is 0 Å². The standard InChI is InChI=1S/C12H15ClO/c13-11-6-2-1-5-10(11)12(9-14)7-3-4-8-12/h1-2,5-6,14H,3-4,7-9H2. The minimum Gasteiger partial charge on any atom is -0.395 e. The molecule has 0 atom stereocenters. The van der Waals surface area contributed by atoms with Gasteiger partial charge in [0.1, 0.15) is 0 Å². The molecule has 1 aliphatic carbocycles. The van der Waals surface area contributed by atoms with Crippen molar-refractivity contribution in [1.82, 2.24) is 0 Å². The fourth-order valence-electron chi connectivity index (χ4n) is 2.46. The summed E-state index contributed by atoms with van der Waals surface area (Å²) in [4.78, 5) is 0. The van der Waals surface area contributed by atoms with Crippen molar-refractivity contribution in [3.05, 3.63) is 34.9 Å². The van der Waals surface area contributed by atoms with Gasteiger partial charge < -0.3 is 5.11 Å². The number of benzene rings is 1. The second-order valence-corrected chi connectivity index (χ2v) is 4.53. The second-order valence-electron chi connectivity index (χ2n) is 4.13. The predicted molar refractivity (Wildman–Crippen MR) is 58.7 cm³/mol. The van der Waals surface area contributed by atoms with E-state index in [1.807, 2.05) is 24.3 Å². The van der Waals surface area contributed by atoms with E-state index in [9.17, 15) is 5.11 Å². The van der Waals surface area contributed by atoms with Gasteiger partial charge >= 0.3 is 0 Å². The lowest BCUT2D eigenvalue weighted by Crippen LogP contribution is -2.27. The molecule has 1 aliphatic rings. The maximum Gasteiger partial charge on any atom is 0.0528 e. The van der Waals surface area contributed by atoms with Crippen LogP contribution >= 0.6 is 11.6 Å². The number of halogens is 1. The Labute approximate surface area is 89.7 Å². The molecule has 2 heteroatoms. The molecule has 2 rings (SSSR count). The lowest BCUT2D eigenvalue weighted by Gasteiger charge is -2.27. The second kappa shape index (κ2) is 3.92. The Bertz CT molecular complexity index is 316. The van der Waals surface area contributed by atoms with Gasteiger partial charge in [0.15, 0.2) is 0 Å². The number of aliphatic hydroxyl groups excluding tert-OH is 1. The molecule has 0 amide bonds. The van der Waals surface area contributed by atoms with Gasteiger partial charge in [0.05, 0.1) is 6.61 Å². The van der Waals surface area contributed by atoms with Gasteiger partial charge in [-0.3, -0.25) is 0 Å². The van der Waals surface area contributed by atoms with Gasteiger partial charge in [0.25, 0.3) is 0 Å². The van der Waals surface area contributed by atoms with Crippen molar-refractivity contribution in [3.8, 4) is 0 Å². The number of hydrogen-bond acceptors (Lipinski definition) is 1. The molecule has 0 aromatic heterocycles. The van der Waals surface area contributed by atoms with E-state index in [4.69, 9.17) is 11.6 Å². The third-order valence-electron chi connectivity index (χ3n) is 3.31. The van der Waals surface area contributed by atoms with Gasteiger partial charge in [-0.15, -0.1) is 0 Å². The summed E-state index contributed by atoms with van der Waals surface area (Å²) in [6.45, 7) is 0.219. The summed E-state index contributed by atoms with van der Waals surface area (Å²) < 4.78 is 0. The number of hydrogen-bond donors (Lipinski definition) is 1. The van der Waals surface area contributed by atoms with E-state index in [0.29, 0.717) is 0 Å². The lowest BCUT2D eigenvalue weighted by atomic mass is 9.80. The number of rotatable bonds is 2. The van der Waals surface area contributed by atoms with Crippen molar-refractivity contribution in [2.45, 2.75) is 31.1 Å².